The number of nitrogens with zero attached hydrogens (tertiary/aromatic N) is 1. The van der Waals surface area contributed by atoms with Gasteiger partial charge in [-0.3, -0.25) is 4.79 Å². The van der Waals surface area contributed by atoms with Crippen LogP contribution in [0, 0.1) is 6.92 Å². The van der Waals surface area contributed by atoms with E-state index in [0.29, 0.717) is 22.6 Å². The Morgan fingerprint density at radius 1 is 1.04 bits per heavy atom. The molecule has 0 unspecified atom stereocenters. The van der Waals surface area contributed by atoms with Gasteiger partial charge in [-0.2, -0.15) is 0 Å². The van der Waals surface area contributed by atoms with E-state index in [4.69, 9.17) is 4.42 Å². The van der Waals surface area contributed by atoms with Gasteiger partial charge < -0.3 is 9.73 Å². The number of anilines is 1. The van der Waals surface area contributed by atoms with Gasteiger partial charge in [0, 0.05) is 23.6 Å². The molecule has 0 radical (unpaired) electrons. The Morgan fingerprint density at radius 3 is 2.78 bits per heavy atom. The summed E-state index contributed by atoms with van der Waals surface area (Å²) in [5.41, 5.74) is 2.72. The summed E-state index contributed by atoms with van der Waals surface area (Å²) < 4.78 is 5.44. The van der Waals surface area contributed by atoms with Gasteiger partial charge in [-0.05, 0) is 29.7 Å². The number of amides is 1. The van der Waals surface area contributed by atoms with Crippen LogP contribution < -0.4 is 5.32 Å². The van der Waals surface area contributed by atoms with Gasteiger partial charge in [-0.15, -0.1) is 0 Å². The van der Waals surface area contributed by atoms with Gasteiger partial charge in [-0.25, -0.2) is 4.98 Å². The number of aryl methyl sites for hydroxylation is 1. The van der Waals surface area contributed by atoms with Crippen molar-refractivity contribution in [2.24, 2.45) is 0 Å². The Labute approximate surface area is 132 Å². The van der Waals surface area contributed by atoms with Crippen molar-refractivity contribution >= 4 is 33.5 Å². The Kier molecular flexibility index (Phi) is 3.08. The van der Waals surface area contributed by atoms with Crippen molar-refractivity contribution in [3.63, 3.8) is 0 Å². The van der Waals surface area contributed by atoms with E-state index in [2.05, 4.69) is 10.3 Å². The Balaban J connectivity index is 1.70. The molecule has 4 rings (SSSR count). The molecular weight excluding hydrogens is 288 g/mol. The monoisotopic (exact) mass is 302 g/mol. The summed E-state index contributed by atoms with van der Waals surface area (Å²) in [6, 6.07) is 19.1. The summed E-state index contributed by atoms with van der Waals surface area (Å²) in [5.74, 6) is 0.426. The maximum atomic E-state index is 12.5. The van der Waals surface area contributed by atoms with E-state index in [-0.39, 0.29) is 5.91 Å². The van der Waals surface area contributed by atoms with E-state index in [1.54, 1.807) is 25.1 Å². The van der Waals surface area contributed by atoms with E-state index < -0.39 is 0 Å². The van der Waals surface area contributed by atoms with Crippen LogP contribution in [0.2, 0.25) is 0 Å². The van der Waals surface area contributed by atoms with E-state index in [1.807, 2.05) is 42.5 Å². The third-order valence-corrected chi connectivity index (χ3v) is 3.79. The lowest BCUT2D eigenvalue weighted by Crippen LogP contribution is -2.12. The van der Waals surface area contributed by atoms with Gasteiger partial charge in [0.1, 0.15) is 5.52 Å². The van der Waals surface area contributed by atoms with E-state index >= 15 is 0 Å². The van der Waals surface area contributed by atoms with Gasteiger partial charge in [0.05, 0.1) is 0 Å². The summed E-state index contributed by atoms with van der Waals surface area (Å²) in [5, 5.41) is 5.08. The highest BCUT2D eigenvalue weighted by Gasteiger charge is 2.11. The third-order valence-electron chi connectivity index (χ3n) is 3.79. The standard InChI is InChI=1S/C19H14N2O2/c1-12-20-17-11-14(9-10-18(17)23-12)19(22)21-16-8-4-6-13-5-2-3-7-15(13)16/h2-11H,1H3,(H,21,22). The number of oxazole rings is 1. The smallest absolute Gasteiger partial charge is 0.255 e. The number of hydrogen-bond acceptors (Lipinski definition) is 3. The van der Waals surface area contributed by atoms with Crippen molar-refractivity contribution in [3.8, 4) is 0 Å². The van der Waals surface area contributed by atoms with Crippen LogP contribution in [0.25, 0.3) is 21.9 Å². The fourth-order valence-electron chi connectivity index (χ4n) is 2.71. The molecule has 1 aromatic heterocycles. The van der Waals surface area contributed by atoms with Crippen LogP contribution in [-0.2, 0) is 0 Å². The average Bonchev–Trinajstić information content (AvgIpc) is 2.94. The largest absolute Gasteiger partial charge is 0.441 e. The summed E-state index contributed by atoms with van der Waals surface area (Å²) in [6.45, 7) is 1.79. The van der Waals surface area contributed by atoms with E-state index in [1.165, 1.54) is 0 Å². The number of rotatable bonds is 2. The molecule has 0 saturated carbocycles. The second-order valence-electron chi connectivity index (χ2n) is 5.40. The molecule has 4 aromatic rings. The van der Waals surface area contributed by atoms with E-state index in [9.17, 15) is 4.79 Å². The molecule has 23 heavy (non-hydrogen) atoms. The highest BCUT2D eigenvalue weighted by molar-refractivity contribution is 6.10. The molecule has 1 heterocycles. The summed E-state index contributed by atoms with van der Waals surface area (Å²) in [6.07, 6.45) is 0. The number of benzene rings is 3. The summed E-state index contributed by atoms with van der Waals surface area (Å²) in [4.78, 5) is 16.8. The van der Waals surface area contributed by atoms with Crippen molar-refractivity contribution in [3.05, 3.63) is 72.1 Å². The number of carbonyl (C=O) groups excluding carboxylic acids is 1. The van der Waals surface area contributed by atoms with Gasteiger partial charge in [0.25, 0.3) is 5.91 Å². The zero-order valence-electron chi connectivity index (χ0n) is 12.5. The number of nitrogens with one attached hydrogen (secondary N) is 1. The predicted molar refractivity (Wildman–Crippen MR) is 90.6 cm³/mol. The minimum Gasteiger partial charge on any atom is -0.441 e. The Hall–Kier alpha value is -3.14. The van der Waals surface area contributed by atoms with Crippen LogP contribution in [0.3, 0.4) is 0 Å². The SMILES string of the molecule is Cc1nc2cc(C(=O)Nc3cccc4ccccc34)ccc2o1. The second kappa shape index (κ2) is 5.25. The zero-order chi connectivity index (χ0) is 15.8. The molecule has 3 aromatic carbocycles. The van der Waals surface area contributed by atoms with Crippen LogP contribution in [0.15, 0.2) is 65.1 Å². The molecule has 1 N–H and O–H groups in total. The van der Waals surface area contributed by atoms with Crippen LogP contribution in [0.4, 0.5) is 5.69 Å². The molecule has 0 bridgehead atoms. The first-order chi connectivity index (χ1) is 11.2. The third kappa shape index (κ3) is 2.44. The molecule has 0 spiro atoms. The Morgan fingerprint density at radius 2 is 1.87 bits per heavy atom. The van der Waals surface area contributed by atoms with Crippen LogP contribution in [-0.4, -0.2) is 10.9 Å². The van der Waals surface area contributed by atoms with Crippen molar-refractivity contribution in [2.45, 2.75) is 6.92 Å². The van der Waals surface area contributed by atoms with Gasteiger partial charge in [0.2, 0.25) is 0 Å². The minimum atomic E-state index is -0.163. The lowest BCUT2D eigenvalue weighted by Gasteiger charge is -2.08. The van der Waals surface area contributed by atoms with E-state index in [0.717, 1.165) is 16.5 Å². The van der Waals surface area contributed by atoms with Crippen molar-refractivity contribution in [1.29, 1.82) is 0 Å². The van der Waals surface area contributed by atoms with Crippen molar-refractivity contribution in [1.82, 2.24) is 4.98 Å². The topological polar surface area (TPSA) is 55.1 Å². The minimum absolute atomic E-state index is 0.163. The molecule has 4 nitrogen and oxygen atoms in total. The fraction of sp³-hybridized carbons (Fsp3) is 0.0526. The second-order valence-corrected chi connectivity index (χ2v) is 5.40. The number of hydrogen-bond donors (Lipinski definition) is 1. The Bertz CT molecular complexity index is 1030. The number of aromatic nitrogens is 1. The van der Waals surface area contributed by atoms with Crippen LogP contribution >= 0.6 is 0 Å². The highest BCUT2D eigenvalue weighted by atomic mass is 16.3. The molecule has 4 heteroatoms. The van der Waals surface area contributed by atoms with Gasteiger partial charge in [-0.1, -0.05) is 36.4 Å². The first kappa shape index (κ1) is 13.5. The first-order valence-electron chi connectivity index (χ1n) is 7.37. The van der Waals surface area contributed by atoms with Gasteiger partial charge >= 0.3 is 0 Å². The summed E-state index contributed by atoms with van der Waals surface area (Å²) >= 11 is 0. The maximum Gasteiger partial charge on any atom is 0.255 e. The van der Waals surface area contributed by atoms with Gasteiger partial charge in [0.15, 0.2) is 11.5 Å². The molecule has 0 fully saturated rings. The molecule has 0 aliphatic rings. The molecule has 1 amide bonds. The molecule has 0 aliphatic heterocycles. The lowest BCUT2D eigenvalue weighted by molar-refractivity contribution is 0.102. The molecule has 0 atom stereocenters. The molecule has 112 valence electrons. The maximum absolute atomic E-state index is 12.5. The quantitative estimate of drug-likeness (QED) is 0.591. The molecule has 0 saturated heterocycles. The normalized spacial score (nSPS) is 11.0. The fourth-order valence-corrected chi connectivity index (χ4v) is 2.71. The lowest BCUT2D eigenvalue weighted by atomic mass is 10.1. The van der Waals surface area contributed by atoms with Crippen LogP contribution in [0.5, 0.6) is 0 Å². The summed E-state index contributed by atoms with van der Waals surface area (Å²) in [7, 11) is 0. The number of fused-ring (bicyclic) bond motifs is 2. The van der Waals surface area contributed by atoms with Crippen molar-refractivity contribution in [2.75, 3.05) is 5.32 Å². The van der Waals surface area contributed by atoms with Crippen LogP contribution in [0.1, 0.15) is 16.2 Å². The number of carbonyl (C=O) groups is 1. The highest BCUT2D eigenvalue weighted by Crippen LogP contribution is 2.24. The van der Waals surface area contributed by atoms with Crippen molar-refractivity contribution < 1.29 is 9.21 Å². The first-order valence-corrected chi connectivity index (χ1v) is 7.37. The molecular formula is C19H14N2O2. The zero-order valence-corrected chi connectivity index (χ0v) is 12.5. The molecule has 0 aliphatic carbocycles. The predicted octanol–water partition coefficient (Wildman–Crippen LogP) is 4.54. The average molecular weight is 302 g/mol.